The topological polar surface area (TPSA) is 20.2 Å². The van der Waals surface area contributed by atoms with Crippen molar-refractivity contribution in [2.24, 2.45) is 34.5 Å². The van der Waals surface area contributed by atoms with Gasteiger partial charge in [-0.05, 0) is 66.6 Å². The van der Waals surface area contributed by atoms with E-state index in [0.29, 0.717) is 16.7 Å². The van der Waals surface area contributed by atoms with E-state index in [9.17, 15) is 5.11 Å². The largest absolute Gasteiger partial charge is 0.392 e. The maximum absolute atomic E-state index is 10.7. The molecule has 3 rings (SSSR count). The molecule has 3 saturated carbocycles. The second-order valence-electron chi connectivity index (χ2n) is 8.34. The lowest BCUT2D eigenvalue weighted by atomic mass is 9.62. The Balaban J connectivity index is 1.98. The molecule has 3 aliphatic rings. The summed E-state index contributed by atoms with van der Waals surface area (Å²) in [6, 6.07) is 0. The highest BCUT2D eigenvalue weighted by molar-refractivity contribution is 5.14. The van der Waals surface area contributed by atoms with Gasteiger partial charge in [-0.3, -0.25) is 0 Å². The van der Waals surface area contributed by atoms with Gasteiger partial charge in [0, 0.05) is 0 Å². The average molecular weight is 262 g/mol. The van der Waals surface area contributed by atoms with Crippen LogP contribution in [0.5, 0.6) is 0 Å². The number of hydrogen-bond acceptors (Lipinski definition) is 1. The lowest BCUT2D eigenvalue weighted by Gasteiger charge is -2.44. The van der Waals surface area contributed by atoms with Crippen molar-refractivity contribution in [3.63, 3.8) is 0 Å². The molecule has 0 aliphatic heterocycles. The summed E-state index contributed by atoms with van der Waals surface area (Å²) in [6.45, 7) is 11.3. The molecular weight excluding hydrogens is 232 g/mol. The molecule has 0 amide bonds. The summed E-state index contributed by atoms with van der Waals surface area (Å²) >= 11 is 0. The Kier molecular flexibility index (Phi) is 3.13. The first-order valence-electron chi connectivity index (χ1n) is 8.21. The Bertz CT molecular complexity index is 372. The summed E-state index contributed by atoms with van der Waals surface area (Å²) in [5.41, 5.74) is 0.871. The zero-order valence-corrected chi connectivity index (χ0v) is 12.9. The van der Waals surface area contributed by atoms with Gasteiger partial charge < -0.3 is 5.11 Å². The minimum Gasteiger partial charge on any atom is -0.392 e. The van der Waals surface area contributed by atoms with E-state index in [1.807, 2.05) is 6.08 Å². The maximum Gasteiger partial charge on any atom is 0.0610 e. The van der Waals surface area contributed by atoms with Crippen LogP contribution in [0.1, 0.15) is 59.3 Å². The van der Waals surface area contributed by atoms with Crippen molar-refractivity contribution in [2.75, 3.05) is 0 Å². The molecule has 0 radical (unpaired) electrons. The first kappa shape index (κ1) is 13.7. The predicted octanol–water partition coefficient (Wildman–Crippen LogP) is 4.41. The molecule has 3 aliphatic carbocycles. The van der Waals surface area contributed by atoms with E-state index in [4.69, 9.17) is 0 Å². The molecule has 0 unspecified atom stereocenters. The summed E-state index contributed by atoms with van der Waals surface area (Å²) in [7, 11) is 0. The second kappa shape index (κ2) is 4.35. The highest BCUT2D eigenvalue weighted by atomic mass is 16.3. The van der Waals surface area contributed by atoms with Crippen LogP contribution >= 0.6 is 0 Å². The van der Waals surface area contributed by atoms with Gasteiger partial charge in [0.05, 0.1) is 6.10 Å². The molecule has 0 spiro atoms. The van der Waals surface area contributed by atoms with Crippen LogP contribution in [-0.2, 0) is 0 Å². The van der Waals surface area contributed by atoms with Crippen LogP contribution in [-0.4, -0.2) is 11.2 Å². The van der Waals surface area contributed by atoms with Crippen molar-refractivity contribution in [3.05, 3.63) is 12.7 Å². The van der Waals surface area contributed by atoms with Crippen LogP contribution in [0.4, 0.5) is 0 Å². The Morgan fingerprint density at radius 1 is 1.26 bits per heavy atom. The summed E-state index contributed by atoms with van der Waals surface area (Å²) in [4.78, 5) is 0. The zero-order valence-electron chi connectivity index (χ0n) is 12.9. The molecule has 0 aromatic rings. The van der Waals surface area contributed by atoms with E-state index in [1.54, 1.807) is 0 Å². The Labute approximate surface area is 118 Å². The number of aliphatic hydroxyl groups excluding tert-OH is 1. The molecule has 0 aromatic heterocycles. The minimum absolute atomic E-state index is 0.158. The molecule has 0 saturated heterocycles. The zero-order chi connectivity index (χ0) is 13.8. The Morgan fingerprint density at radius 3 is 2.68 bits per heavy atom. The lowest BCUT2D eigenvalue weighted by Crippen LogP contribution is -2.41. The average Bonchev–Trinajstić information content (AvgIpc) is 2.80. The highest BCUT2D eigenvalue weighted by Crippen LogP contribution is 2.71. The van der Waals surface area contributed by atoms with Crippen molar-refractivity contribution in [1.82, 2.24) is 0 Å². The summed E-state index contributed by atoms with van der Waals surface area (Å²) in [5, 5.41) is 10.7. The van der Waals surface area contributed by atoms with Crippen molar-refractivity contribution in [3.8, 4) is 0 Å². The molecule has 0 heterocycles. The Hall–Kier alpha value is -0.300. The second-order valence-corrected chi connectivity index (χ2v) is 8.34. The molecule has 3 fully saturated rings. The van der Waals surface area contributed by atoms with Crippen LogP contribution in [0, 0.1) is 34.5 Å². The highest BCUT2D eigenvalue weighted by Gasteiger charge is 2.65. The van der Waals surface area contributed by atoms with E-state index in [-0.39, 0.29) is 6.10 Å². The smallest absolute Gasteiger partial charge is 0.0610 e. The molecule has 1 N–H and O–H groups in total. The maximum atomic E-state index is 10.7. The monoisotopic (exact) mass is 262 g/mol. The number of hydrogen-bond donors (Lipinski definition) is 1. The lowest BCUT2D eigenvalue weighted by molar-refractivity contribution is -0.0194. The first-order chi connectivity index (χ1) is 8.92. The van der Waals surface area contributed by atoms with Crippen molar-refractivity contribution < 1.29 is 5.11 Å². The fourth-order valence-corrected chi connectivity index (χ4v) is 6.52. The van der Waals surface area contributed by atoms with Gasteiger partial charge in [-0.15, -0.1) is 6.58 Å². The van der Waals surface area contributed by atoms with Crippen LogP contribution in [0.15, 0.2) is 12.7 Å². The van der Waals surface area contributed by atoms with Crippen LogP contribution in [0.2, 0.25) is 0 Å². The van der Waals surface area contributed by atoms with Gasteiger partial charge >= 0.3 is 0 Å². The molecule has 19 heavy (non-hydrogen) atoms. The van der Waals surface area contributed by atoms with E-state index in [0.717, 1.165) is 24.2 Å². The third-order valence-corrected chi connectivity index (χ3v) is 7.04. The molecular formula is C18H30O. The molecule has 1 nitrogen and oxygen atoms in total. The van der Waals surface area contributed by atoms with E-state index >= 15 is 0 Å². The van der Waals surface area contributed by atoms with Crippen molar-refractivity contribution >= 4 is 0 Å². The van der Waals surface area contributed by atoms with E-state index in [2.05, 4.69) is 27.4 Å². The summed E-state index contributed by atoms with van der Waals surface area (Å²) < 4.78 is 0. The quantitative estimate of drug-likeness (QED) is 0.747. The normalized spacial score (nSPS) is 48.8. The van der Waals surface area contributed by atoms with Gasteiger partial charge in [0.2, 0.25) is 0 Å². The number of rotatable bonds is 3. The predicted molar refractivity (Wildman–Crippen MR) is 79.8 cm³/mol. The molecule has 0 aromatic carbocycles. The fourth-order valence-electron chi connectivity index (χ4n) is 6.52. The van der Waals surface area contributed by atoms with Gasteiger partial charge in [-0.25, -0.2) is 0 Å². The van der Waals surface area contributed by atoms with E-state index in [1.165, 1.54) is 32.1 Å². The van der Waals surface area contributed by atoms with Crippen LogP contribution in [0.25, 0.3) is 0 Å². The molecule has 4 bridgehead atoms. The first-order valence-corrected chi connectivity index (χ1v) is 8.21. The Morgan fingerprint density at radius 2 is 2.00 bits per heavy atom. The van der Waals surface area contributed by atoms with Crippen molar-refractivity contribution in [1.29, 1.82) is 0 Å². The fraction of sp³-hybridized carbons (Fsp3) is 0.889. The summed E-state index contributed by atoms with van der Waals surface area (Å²) in [6.07, 6.45) is 9.34. The van der Waals surface area contributed by atoms with Crippen LogP contribution in [0.3, 0.4) is 0 Å². The summed E-state index contributed by atoms with van der Waals surface area (Å²) in [5.74, 6) is 3.00. The molecule has 108 valence electrons. The molecule has 1 heteroatoms. The van der Waals surface area contributed by atoms with Crippen molar-refractivity contribution in [2.45, 2.75) is 65.4 Å². The minimum atomic E-state index is -0.158. The third-order valence-electron chi connectivity index (χ3n) is 7.04. The third kappa shape index (κ3) is 1.77. The number of aliphatic hydroxyl groups is 1. The standard InChI is InChI=1S/C18H30O/c1-5-7-14(19)16-12-8-9-13-15(12)17(2,3)10-6-11-18(13,16)4/h5,12-16,19H,1,6-11H2,2-4H3/t12-,13+,14+,15+,16+,18-/m0/s1. The molecule has 6 atom stereocenters. The van der Waals surface area contributed by atoms with Gasteiger partial charge in [-0.1, -0.05) is 33.3 Å². The van der Waals surface area contributed by atoms with Gasteiger partial charge in [0.25, 0.3) is 0 Å². The van der Waals surface area contributed by atoms with E-state index < -0.39 is 0 Å². The SMILES string of the molecule is C=CC[C@@H](O)[C@H]1[C@H]2CC[C@@H]3[C@@H]2C(C)(C)CCC[C@]13C. The van der Waals surface area contributed by atoms with Gasteiger partial charge in [-0.2, -0.15) is 0 Å². The van der Waals surface area contributed by atoms with Gasteiger partial charge in [0.1, 0.15) is 0 Å². The van der Waals surface area contributed by atoms with Crippen LogP contribution < -0.4 is 0 Å². The van der Waals surface area contributed by atoms with Gasteiger partial charge in [0.15, 0.2) is 0 Å².